The Hall–Kier alpha value is -1.65. The number of fused-ring (bicyclic) bond motifs is 1. The lowest BCUT2D eigenvalue weighted by atomic mass is 10.0. The van der Waals surface area contributed by atoms with E-state index in [1.807, 2.05) is 22.8 Å². The van der Waals surface area contributed by atoms with E-state index in [2.05, 4.69) is 35.9 Å². The first kappa shape index (κ1) is 13.3. The molecule has 3 rings (SSSR count). The number of benzene rings is 1. The number of nitrogens with one attached hydrogen (secondary N) is 1. The highest BCUT2D eigenvalue weighted by Crippen LogP contribution is 2.23. The molecule has 1 aromatic carbocycles. The number of hydrogen-bond donors (Lipinski definition) is 1. The van der Waals surface area contributed by atoms with Crippen molar-refractivity contribution in [2.75, 3.05) is 0 Å². The molecular weight excluding hydrogens is 290 g/mol. The molecule has 3 nitrogen and oxygen atoms in total. The maximum absolute atomic E-state index is 5.97. The van der Waals surface area contributed by atoms with Crippen molar-refractivity contribution in [2.24, 2.45) is 0 Å². The van der Waals surface area contributed by atoms with Crippen LogP contribution in [0.25, 0.3) is 16.9 Å². The van der Waals surface area contributed by atoms with Crippen LogP contribution in [0, 0.1) is 4.77 Å². The van der Waals surface area contributed by atoms with Crippen molar-refractivity contribution < 1.29 is 0 Å². The zero-order chi connectivity index (χ0) is 14.3. The lowest BCUT2D eigenvalue weighted by Gasteiger charge is -2.09. The van der Waals surface area contributed by atoms with E-state index >= 15 is 0 Å². The highest BCUT2D eigenvalue weighted by Gasteiger charge is 2.09. The Labute approximate surface area is 127 Å². The van der Waals surface area contributed by atoms with E-state index in [0.29, 0.717) is 15.7 Å². The summed E-state index contributed by atoms with van der Waals surface area (Å²) in [5, 5.41) is 0.594. The van der Waals surface area contributed by atoms with E-state index in [0.717, 1.165) is 16.9 Å². The molecule has 3 aromatic rings. The SMILES string of the molecule is CC(C)c1cccc(-n2c(=S)[nH]c3cc(Cl)cnc32)c1. The lowest BCUT2D eigenvalue weighted by molar-refractivity contribution is 0.862. The number of H-pyrrole nitrogens is 1. The summed E-state index contributed by atoms with van der Waals surface area (Å²) in [6.45, 7) is 4.34. The van der Waals surface area contributed by atoms with E-state index in [1.165, 1.54) is 5.56 Å². The fraction of sp³-hybridized carbons (Fsp3) is 0.200. The predicted octanol–water partition coefficient (Wildman–Crippen LogP) is 4.86. The number of nitrogens with zero attached hydrogens (tertiary/aromatic N) is 2. The van der Waals surface area contributed by atoms with E-state index in [4.69, 9.17) is 23.8 Å². The first-order valence-corrected chi connectivity index (χ1v) is 7.21. The van der Waals surface area contributed by atoms with E-state index < -0.39 is 0 Å². The topological polar surface area (TPSA) is 33.6 Å². The fourth-order valence-corrected chi connectivity index (χ4v) is 2.69. The lowest BCUT2D eigenvalue weighted by Crippen LogP contribution is -1.97. The summed E-state index contributed by atoms with van der Waals surface area (Å²) >= 11 is 11.4. The first-order chi connectivity index (χ1) is 9.56. The molecule has 0 aliphatic heterocycles. The molecule has 0 aliphatic rings. The maximum atomic E-state index is 5.97. The van der Waals surface area contributed by atoms with Crippen molar-refractivity contribution in [3.63, 3.8) is 0 Å². The number of pyridine rings is 1. The largest absolute Gasteiger partial charge is 0.329 e. The molecule has 0 amide bonds. The van der Waals surface area contributed by atoms with Gasteiger partial charge in [0.25, 0.3) is 0 Å². The Balaban J connectivity index is 2.26. The molecule has 20 heavy (non-hydrogen) atoms. The van der Waals surface area contributed by atoms with Crippen LogP contribution < -0.4 is 0 Å². The van der Waals surface area contributed by atoms with Crippen LogP contribution in [-0.2, 0) is 0 Å². The number of halogens is 1. The van der Waals surface area contributed by atoms with Crippen LogP contribution >= 0.6 is 23.8 Å². The van der Waals surface area contributed by atoms with Gasteiger partial charge in [0, 0.05) is 6.20 Å². The molecule has 102 valence electrons. The Bertz CT molecular complexity index is 832. The molecule has 0 fully saturated rings. The third kappa shape index (κ3) is 2.25. The third-order valence-electron chi connectivity index (χ3n) is 3.28. The first-order valence-electron chi connectivity index (χ1n) is 6.43. The van der Waals surface area contributed by atoms with Gasteiger partial charge in [-0.05, 0) is 41.9 Å². The smallest absolute Gasteiger partial charge is 0.183 e. The van der Waals surface area contributed by atoms with Crippen LogP contribution in [0.15, 0.2) is 36.5 Å². The molecule has 0 saturated heterocycles. The van der Waals surface area contributed by atoms with Crippen LogP contribution in [0.1, 0.15) is 25.3 Å². The van der Waals surface area contributed by atoms with Gasteiger partial charge in [-0.2, -0.15) is 0 Å². The highest BCUT2D eigenvalue weighted by molar-refractivity contribution is 7.71. The minimum absolute atomic E-state index is 0.469. The summed E-state index contributed by atoms with van der Waals surface area (Å²) in [4.78, 5) is 7.53. The van der Waals surface area contributed by atoms with Gasteiger partial charge in [0.05, 0.1) is 16.2 Å². The second kappa shape index (κ2) is 5.04. The molecule has 0 spiro atoms. The van der Waals surface area contributed by atoms with Gasteiger partial charge >= 0.3 is 0 Å². The molecule has 0 radical (unpaired) electrons. The minimum atomic E-state index is 0.469. The zero-order valence-corrected chi connectivity index (χ0v) is 12.8. The molecule has 2 aromatic heterocycles. The summed E-state index contributed by atoms with van der Waals surface area (Å²) in [5.41, 5.74) is 3.92. The van der Waals surface area contributed by atoms with Gasteiger partial charge in [-0.1, -0.05) is 37.6 Å². The van der Waals surface area contributed by atoms with Crippen molar-refractivity contribution >= 4 is 35.0 Å². The molecule has 0 atom stereocenters. The standard InChI is InChI=1S/C15H14ClN3S/c1-9(2)10-4-3-5-12(6-10)19-14-13(18-15(19)20)7-11(16)8-17-14/h3-9H,1-2H3,(H,18,20). The van der Waals surface area contributed by atoms with Crippen molar-refractivity contribution in [3.8, 4) is 5.69 Å². The van der Waals surface area contributed by atoms with Gasteiger partial charge in [0.15, 0.2) is 10.4 Å². The second-order valence-electron chi connectivity index (χ2n) is 5.04. The van der Waals surface area contributed by atoms with Gasteiger partial charge < -0.3 is 4.98 Å². The number of imidazole rings is 1. The zero-order valence-electron chi connectivity index (χ0n) is 11.2. The molecule has 5 heteroatoms. The number of aromatic nitrogens is 3. The van der Waals surface area contributed by atoms with Gasteiger partial charge in [0.1, 0.15) is 0 Å². The fourth-order valence-electron chi connectivity index (χ4n) is 2.23. The van der Waals surface area contributed by atoms with Gasteiger partial charge in [-0.3, -0.25) is 4.57 Å². The van der Waals surface area contributed by atoms with E-state index in [-0.39, 0.29) is 0 Å². The van der Waals surface area contributed by atoms with Crippen LogP contribution in [0.2, 0.25) is 5.02 Å². The molecule has 0 aliphatic carbocycles. The molecule has 2 heterocycles. The van der Waals surface area contributed by atoms with Gasteiger partial charge in [-0.25, -0.2) is 4.98 Å². The van der Waals surface area contributed by atoms with Gasteiger partial charge in [-0.15, -0.1) is 0 Å². The van der Waals surface area contributed by atoms with E-state index in [9.17, 15) is 0 Å². The van der Waals surface area contributed by atoms with Crippen LogP contribution in [0.5, 0.6) is 0 Å². The Morgan fingerprint density at radius 3 is 2.85 bits per heavy atom. The van der Waals surface area contributed by atoms with E-state index in [1.54, 1.807) is 6.20 Å². The minimum Gasteiger partial charge on any atom is -0.329 e. The highest BCUT2D eigenvalue weighted by atomic mass is 35.5. The predicted molar refractivity (Wildman–Crippen MR) is 85.4 cm³/mol. The molecule has 1 N–H and O–H groups in total. The number of hydrogen-bond acceptors (Lipinski definition) is 2. The summed E-state index contributed by atoms with van der Waals surface area (Å²) < 4.78 is 2.56. The normalized spacial score (nSPS) is 11.4. The second-order valence-corrected chi connectivity index (χ2v) is 5.86. The van der Waals surface area contributed by atoms with Crippen LogP contribution in [0.3, 0.4) is 0 Å². The van der Waals surface area contributed by atoms with Gasteiger partial charge in [0.2, 0.25) is 0 Å². The summed E-state index contributed by atoms with van der Waals surface area (Å²) in [5.74, 6) is 0.469. The Morgan fingerprint density at radius 1 is 1.30 bits per heavy atom. The van der Waals surface area contributed by atoms with Crippen molar-refractivity contribution in [2.45, 2.75) is 19.8 Å². The number of rotatable bonds is 2. The quantitative estimate of drug-likeness (QED) is 0.686. The molecular formula is C15H14ClN3S. The Morgan fingerprint density at radius 2 is 2.10 bits per heavy atom. The summed E-state index contributed by atoms with van der Waals surface area (Å²) in [7, 11) is 0. The Kier molecular flexibility index (Phi) is 3.36. The van der Waals surface area contributed by atoms with Crippen LogP contribution in [-0.4, -0.2) is 14.5 Å². The summed E-state index contributed by atoms with van der Waals surface area (Å²) in [6, 6.07) is 10.2. The average Bonchev–Trinajstić information content (AvgIpc) is 2.73. The molecule has 0 unspecified atom stereocenters. The van der Waals surface area contributed by atoms with Crippen LogP contribution in [0.4, 0.5) is 0 Å². The number of aromatic amines is 1. The van der Waals surface area contributed by atoms with Crippen molar-refractivity contribution in [1.82, 2.24) is 14.5 Å². The summed E-state index contributed by atoms with van der Waals surface area (Å²) in [6.07, 6.45) is 1.63. The molecule has 0 saturated carbocycles. The molecule has 0 bridgehead atoms. The van der Waals surface area contributed by atoms with Crippen molar-refractivity contribution in [3.05, 3.63) is 51.9 Å². The average molecular weight is 304 g/mol. The maximum Gasteiger partial charge on any atom is 0.183 e. The monoisotopic (exact) mass is 303 g/mol. The third-order valence-corrected chi connectivity index (χ3v) is 3.78. The van der Waals surface area contributed by atoms with Crippen molar-refractivity contribution in [1.29, 1.82) is 0 Å².